The highest BCUT2D eigenvalue weighted by atomic mass is 35.5. The zero-order valence-electron chi connectivity index (χ0n) is 9.54. The number of hydrogen-bond acceptors (Lipinski definition) is 5. The van der Waals surface area contributed by atoms with Crippen molar-refractivity contribution in [3.63, 3.8) is 0 Å². The van der Waals surface area contributed by atoms with E-state index < -0.39 is 5.69 Å². The molecule has 0 aliphatic carbocycles. The van der Waals surface area contributed by atoms with E-state index in [2.05, 4.69) is 16.6 Å². The fraction of sp³-hybridized carbons (Fsp3) is 0.600. The van der Waals surface area contributed by atoms with Crippen molar-refractivity contribution in [2.75, 3.05) is 18.7 Å². The van der Waals surface area contributed by atoms with Crippen LogP contribution in [0.5, 0.6) is 0 Å². The second-order valence-electron chi connectivity index (χ2n) is 3.51. The first-order valence-corrected chi connectivity index (χ1v) is 5.95. The lowest BCUT2D eigenvalue weighted by atomic mass is 10.2. The van der Waals surface area contributed by atoms with E-state index in [9.17, 15) is 4.79 Å². The largest absolute Gasteiger partial charge is 0.394 e. The van der Waals surface area contributed by atoms with Crippen molar-refractivity contribution in [3.05, 3.63) is 22.7 Å². The van der Waals surface area contributed by atoms with Gasteiger partial charge < -0.3 is 15.6 Å². The summed E-state index contributed by atoms with van der Waals surface area (Å²) in [7, 11) is 0. The molecular weight excluding hydrogens is 246 g/mol. The topological polar surface area (TPSA) is 90.4 Å². The third-order valence-corrected chi connectivity index (χ3v) is 2.45. The van der Waals surface area contributed by atoms with E-state index >= 15 is 0 Å². The molecule has 1 aromatic rings. The van der Waals surface area contributed by atoms with E-state index in [-0.39, 0.29) is 24.8 Å². The van der Waals surface area contributed by atoms with Crippen LogP contribution >= 0.6 is 11.6 Å². The molecular formula is C10H16ClN3O3. The number of alkyl halides is 1. The average molecular weight is 262 g/mol. The molecule has 0 aromatic carbocycles. The molecule has 2 rings (SSSR count). The van der Waals surface area contributed by atoms with Crippen LogP contribution in [0.1, 0.15) is 19.1 Å². The Labute approximate surface area is 104 Å². The van der Waals surface area contributed by atoms with Gasteiger partial charge in [0.1, 0.15) is 12.0 Å². The SMILES string of the molecule is CCl.Nc1ccn(C2CCC(CO)O2)c(=O)n1. The van der Waals surface area contributed by atoms with Gasteiger partial charge in [0, 0.05) is 12.6 Å². The second-order valence-corrected chi connectivity index (χ2v) is 3.51. The molecule has 7 heteroatoms. The van der Waals surface area contributed by atoms with Gasteiger partial charge in [0.15, 0.2) is 0 Å². The van der Waals surface area contributed by atoms with Gasteiger partial charge in [-0.2, -0.15) is 4.98 Å². The van der Waals surface area contributed by atoms with Crippen molar-refractivity contribution in [2.45, 2.75) is 25.2 Å². The van der Waals surface area contributed by atoms with Crippen LogP contribution in [0, 0.1) is 0 Å². The van der Waals surface area contributed by atoms with Crippen LogP contribution < -0.4 is 11.4 Å². The normalized spacial score (nSPS) is 23.0. The maximum atomic E-state index is 11.5. The molecule has 17 heavy (non-hydrogen) atoms. The van der Waals surface area contributed by atoms with Crippen molar-refractivity contribution >= 4 is 17.4 Å². The Morgan fingerprint density at radius 1 is 1.65 bits per heavy atom. The number of nitrogen functional groups attached to an aromatic ring is 1. The Hall–Kier alpha value is -1.11. The molecule has 0 radical (unpaired) electrons. The molecule has 0 saturated carbocycles. The van der Waals surface area contributed by atoms with Gasteiger partial charge >= 0.3 is 5.69 Å². The zero-order valence-corrected chi connectivity index (χ0v) is 10.3. The van der Waals surface area contributed by atoms with Crippen LogP contribution in [0.25, 0.3) is 0 Å². The Morgan fingerprint density at radius 3 is 2.88 bits per heavy atom. The number of hydrogen-bond donors (Lipinski definition) is 2. The summed E-state index contributed by atoms with van der Waals surface area (Å²) in [6.07, 6.45) is 3.98. The lowest BCUT2D eigenvalue weighted by molar-refractivity contribution is -0.0245. The van der Waals surface area contributed by atoms with Gasteiger partial charge in [-0.05, 0) is 18.9 Å². The highest BCUT2D eigenvalue weighted by molar-refractivity contribution is 6.15. The number of anilines is 1. The fourth-order valence-corrected chi connectivity index (χ4v) is 1.67. The number of aliphatic hydroxyl groups excluding tert-OH is 1. The second kappa shape index (κ2) is 6.58. The van der Waals surface area contributed by atoms with Crippen molar-refractivity contribution in [3.8, 4) is 0 Å². The summed E-state index contributed by atoms with van der Waals surface area (Å²) in [4.78, 5) is 15.1. The minimum Gasteiger partial charge on any atom is -0.394 e. The molecule has 0 spiro atoms. The van der Waals surface area contributed by atoms with Crippen LogP contribution in [-0.2, 0) is 4.74 Å². The number of ether oxygens (including phenoxy) is 1. The maximum Gasteiger partial charge on any atom is 0.351 e. The molecule has 1 aliphatic rings. The number of aliphatic hydroxyl groups is 1. The first kappa shape index (κ1) is 14.0. The molecule has 1 aromatic heterocycles. The molecule has 2 unspecified atom stereocenters. The predicted octanol–water partition coefficient (Wildman–Crippen LogP) is 0.350. The smallest absolute Gasteiger partial charge is 0.351 e. The first-order chi connectivity index (χ1) is 8.20. The van der Waals surface area contributed by atoms with E-state index in [1.165, 1.54) is 11.0 Å². The summed E-state index contributed by atoms with van der Waals surface area (Å²) in [6, 6.07) is 1.55. The number of halogens is 1. The predicted molar refractivity (Wildman–Crippen MR) is 64.9 cm³/mol. The first-order valence-electron chi connectivity index (χ1n) is 5.19. The minimum atomic E-state index is -0.418. The van der Waals surface area contributed by atoms with Gasteiger partial charge in [0.2, 0.25) is 0 Å². The van der Waals surface area contributed by atoms with Crippen molar-refractivity contribution < 1.29 is 9.84 Å². The molecule has 0 amide bonds. The van der Waals surface area contributed by atoms with E-state index in [1.807, 2.05) is 0 Å². The van der Waals surface area contributed by atoms with Crippen LogP contribution in [0.2, 0.25) is 0 Å². The summed E-state index contributed by atoms with van der Waals surface area (Å²) in [5.74, 6) is 0.202. The van der Waals surface area contributed by atoms with E-state index in [1.54, 1.807) is 12.3 Å². The van der Waals surface area contributed by atoms with Gasteiger partial charge in [-0.25, -0.2) is 4.79 Å². The minimum absolute atomic E-state index is 0.0202. The molecule has 3 N–H and O–H groups in total. The molecule has 1 aliphatic heterocycles. The van der Waals surface area contributed by atoms with E-state index in [0.717, 1.165) is 6.42 Å². The highest BCUT2D eigenvalue weighted by Crippen LogP contribution is 2.26. The molecule has 2 atom stereocenters. The summed E-state index contributed by atoms with van der Waals surface area (Å²) >= 11 is 4.64. The van der Waals surface area contributed by atoms with Gasteiger partial charge in [-0.1, -0.05) is 0 Å². The molecule has 6 nitrogen and oxygen atoms in total. The quantitative estimate of drug-likeness (QED) is 0.750. The average Bonchev–Trinajstić information content (AvgIpc) is 2.80. The van der Waals surface area contributed by atoms with Gasteiger partial charge in [-0.3, -0.25) is 4.57 Å². The molecule has 1 saturated heterocycles. The van der Waals surface area contributed by atoms with E-state index in [0.29, 0.717) is 6.42 Å². The number of nitrogens with zero attached hydrogens (tertiary/aromatic N) is 2. The fourth-order valence-electron chi connectivity index (χ4n) is 1.67. The summed E-state index contributed by atoms with van der Waals surface area (Å²) in [5, 5.41) is 8.90. The standard InChI is InChI=1S/C9H13N3O3.CH3Cl/c10-7-3-4-12(9(14)11-7)8-2-1-6(5-13)15-8;1-2/h3-4,6,8,13H,1-2,5H2,(H2,10,11,14);1H3. The monoisotopic (exact) mass is 261 g/mol. The van der Waals surface area contributed by atoms with Crippen molar-refractivity contribution in [1.82, 2.24) is 9.55 Å². The van der Waals surface area contributed by atoms with Crippen LogP contribution in [0.3, 0.4) is 0 Å². The van der Waals surface area contributed by atoms with Gasteiger partial charge in [-0.15, -0.1) is 11.6 Å². The number of rotatable bonds is 2. The third-order valence-electron chi connectivity index (χ3n) is 2.45. The molecule has 96 valence electrons. The van der Waals surface area contributed by atoms with Gasteiger partial charge in [0.25, 0.3) is 0 Å². The third kappa shape index (κ3) is 3.42. The Bertz CT molecular complexity index is 410. The van der Waals surface area contributed by atoms with Crippen molar-refractivity contribution in [2.24, 2.45) is 0 Å². The number of aromatic nitrogens is 2. The number of nitrogens with two attached hydrogens (primary N) is 1. The molecule has 1 fully saturated rings. The van der Waals surface area contributed by atoms with Crippen LogP contribution in [0.15, 0.2) is 17.1 Å². The molecule has 0 bridgehead atoms. The zero-order chi connectivity index (χ0) is 12.8. The summed E-state index contributed by atoms with van der Waals surface area (Å²) in [6.45, 7) is -0.0202. The van der Waals surface area contributed by atoms with Crippen LogP contribution in [-0.4, -0.2) is 33.8 Å². The lowest BCUT2D eigenvalue weighted by Crippen LogP contribution is -2.27. The Morgan fingerprint density at radius 2 is 2.35 bits per heavy atom. The van der Waals surface area contributed by atoms with Gasteiger partial charge in [0.05, 0.1) is 12.7 Å². The lowest BCUT2D eigenvalue weighted by Gasteiger charge is -2.14. The Kier molecular flexibility index (Phi) is 5.40. The summed E-state index contributed by atoms with van der Waals surface area (Å²) < 4.78 is 6.84. The Balaban J connectivity index is 0.000000686. The highest BCUT2D eigenvalue weighted by Gasteiger charge is 2.26. The van der Waals surface area contributed by atoms with Crippen LogP contribution in [0.4, 0.5) is 5.82 Å². The van der Waals surface area contributed by atoms with E-state index in [4.69, 9.17) is 15.6 Å². The maximum absolute atomic E-state index is 11.5. The summed E-state index contributed by atoms with van der Waals surface area (Å²) in [5.41, 5.74) is 4.96. The molecule has 2 heterocycles. The van der Waals surface area contributed by atoms with Crippen molar-refractivity contribution in [1.29, 1.82) is 0 Å².